The van der Waals surface area contributed by atoms with E-state index in [9.17, 15) is 9.59 Å². The molecule has 0 bridgehead atoms. The zero-order chi connectivity index (χ0) is 13.1. The highest BCUT2D eigenvalue weighted by atomic mass is 16.7. The third-order valence-electron chi connectivity index (χ3n) is 2.37. The standard InChI is InChI=1S/C11H16O6/c1-4-16-11(17-5-2)6-15-7(3)8(9(11)12)10(13)14/h4-6H2,1-3H3,(H,13,14). The first kappa shape index (κ1) is 13.7. The molecular formula is C11H16O6. The molecule has 0 aliphatic carbocycles. The minimum atomic E-state index is -1.63. The van der Waals surface area contributed by atoms with Crippen molar-refractivity contribution in [2.45, 2.75) is 26.6 Å². The Morgan fingerprint density at radius 3 is 2.35 bits per heavy atom. The third kappa shape index (κ3) is 2.48. The van der Waals surface area contributed by atoms with E-state index >= 15 is 0 Å². The number of ether oxygens (including phenoxy) is 3. The first-order valence-electron chi connectivity index (χ1n) is 5.38. The predicted molar refractivity (Wildman–Crippen MR) is 57.3 cm³/mol. The molecule has 0 saturated carbocycles. The van der Waals surface area contributed by atoms with Crippen molar-refractivity contribution in [1.82, 2.24) is 0 Å². The van der Waals surface area contributed by atoms with Crippen molar-refractivity contribution in [2.75, 3.05) is 19.8 Å². The molecule has 0 atom stereocenters. The van der Waals surface area contributed by atoms with Crippen molar-refractivity contribution in [3.8, 4) is 0 Å². The lowest BCUT2D eigenvalue weighted by Crippen LogP contribution is -2.53. The van der Waals surface area contributed by atoms with Crippen LogP contribution in [0.25, 0.3) is 0 Å². The highest BCUT2D eigenvalue weighted by Crippen LogP contribution is 2.28. The van der Waals surface area contributed by atoms with Crippen molar-refractivity contribution in [3.63, 3.8) is 0 Å². The summed E-state index contributed by atoms with van der Waals surface area (Å²) >= 11 is 0. The van der Waals surface area contributed by atoms with Crippen molar-refractivity contribution < 1.29 is 28.9 Å². The minimum absolute atomic E-state index is 0.0810. The molecule has 0 aromatic carbocycles. The molecule has 6 heteroatoms. The van der Waals surface area contributed by atoms with E-state index in [4.69, 9.17) is 19.3 Å². The van der Waals surface area contributed by atoms with Crippen LogP contribution in [0.4, 0.5) is 0 Å². The molecule has 96 valence electrons. The van der Waals surface area contributed by atoms with Gasteiger partial charge in [0.1, 0.15) is 17.9 Å². The van der Waals surface area contributed by atoms with Crippen LogP contribution >= 0.6 is 0 Å². The summed E-state index contributed by atoms with van der Waals surface area (Å²) in [7, 11) is 0. The first-order chi connectivity index (χ1) is 7.98. The SMILES string of the molecule is CCOC1(OCC)COC(C)=C(C(=O)O)C1=O. The Hall–Kier alpha value is -1.40. The van der Waals surface area contributed by atoms with Crippen LogP contribution in [-0.2, 0) is 23.8 Å². The van der Waals surface area contributed by atoms with Gasteiger partial charge in [0, 0.05) is 13.2 Å². The molecule has 1 rings (SSSR count). The van der Waals surface area contributed by atoms with Crippen LogP contribution in [0, 0.1) is 0 Å². The van der Waals surface area contributed by atoms with E-state index in [-0.39, 0.29) is 25.6 Å². The molecule has 1 heterocycles. The molecule has 0 unspecified atom stereocenters. The van der Waals surface area contributed by atoms with Gasteiger partial charge < -0.3 is 19.3 Å². The van der Waals surface area contributed by atoms with Gasteiger partial charge in [-0.25, -0.2) is 4.79 Å². The molecule has 0 saturated heterocycles. The number of carbonyl (C=O) groups is 2. The predicted octanol–water partition coefficient (Wildman–Crippen LogP) is 0.714. The Bertz CT molecular complexity index is 351. The summed E-state index contributed by atoms with van der Waals surface area (Å²) in [6.45, 7) is 5.14. The highest BCUT2D eigenvalue weighted by Gasteiger charge is 2.49. The van der Waals surface area contributed by atoms with Crippen LogP contribution in [0.5, 0.6) is 0 Å². The van der Waals surface area contributed by atoms with E-state index in [2.05, 4.69) is 0 Å². The van der Waals surface area contributed by atoms with E-state index in [1.54, 1.807) is 13.8 Å². The number of hydrogen-bond acceptors (Lipinski definition) is 5. The van der Waals surface area contributed by atoms with Crippen LogP contribution in [0.2, 0.25) is 0 Å². The van der Waals surface area contributed by atoms with Crippen LogP contribution in [0.15, 0.2) is 11.3 Å². The number of rotatable bonds is 5. The molecule has 0 amide bonds. The molecule has 0 aromatic heterocycles. The average molecular weight is 244 g/mol. The normalized spacial score (nSPS) is 19.1. The Labute approximate surface area is 99.2 Å². The van der Waals surface area contributed by atoms with Gasteiger partial charge in [-0.2, -0.15) is 0 Å². The van der Waals surface area contributed by atoms with Crippen LogP contribution in [-0.4, -0.2) is 42.5 Å². The third-order valence-corrected chi connectivity index (χ3v) is 2.37. The van der Waals surface area contributed by atoms with E-state index in [1.165, 1.54) is 6.92 Å². The van der Waals surface area contributed by atoms with Crippen molar-refractivity contribution >= 4 is 11.8 Å². The van der Waals surface area contributed by atoms with Crippen molar-refractivity contribution in [2.24, 2.45) is 0 Å². The lowest BCUT2D eigenvalue weighted by atomic mass is 10.00. The fraction of sp³-hybridized carbons (Fsp3) is 0.636. The van der Waals surface area contributed by atoms with Gasteiger partial charge in [0.25, 0.3) is 5.79 Å². The Morgan fingerprint density at radius 2 is 1.94 bits per heavy atom. The second-order valence-corrected chi connectivity index (χ2v) is 3.47. The van der Waals surface area contributed by atoms with Gasteiger partial charge in [-0.1, -0.05) is 0 Å². The molecule has 0 fully saturated rings. The molecule has 1 aliphatic rings. The van der Waals surface area contributed by atoms with Gasteiger partial charge in [-0.3, -0.25) is 4.79 Å². The van der Waals surface area contributed by atoms with Crippen molar-refractivity contribution in [1.29, 1.82) is 0 Å². The molecule has 0 aromatic rings. The zero-order valence-corrected chi connectivity index (χ0v) is 10.1. The number of aliphatic carboxylic acids is 1. The molecular weight excluding hydrogens is 228 g/mol. The lowest BCUT2D eigenvalue weighted by Gasteiger charge is -2.34. The summed E-state index contributed by atoms with van der Waals surface area (Å²) in [5.74, 6) is -3.58. The Balaban J connectivity index is 3.13. The minimum Gasteiger partial charge on any atom is -0.491 e. The van der Waals surface area contributed by atoms with E-state index in [1.807, 2.05) is 0 Å². The topological polar surface area (TPSA) is 82.1 Å². The first-order valence-corrected chi connectivity index (χ1v) is 5.38. The molecule has 6 nitrogen and oxygen atoms in total. The summed E-state index contributed by atoms with van der Waals surface area (Å²) in [5.41, 5.74) is -0.418. The van der Waals surface area contributed by atoms with Gasteiger partial charge >= 0.3 is 5.97 Å². The summed E-state index contributed by atoms with van der Waals surface area (Å²) in [4.78, 5) is 23.1. The van der Waals surface area contributed by atoms with Crippen molar-refractivity contribution in [3.05, 3.63) is 11.3 Å². The summed E-state index contributed by atoms with van der Waals surface area (Å²) in [6, 6.07) is 0. The van der Waals surface area contributed by atoms with Gasteiger partial charge in [0.2, 0.25) is 5.78 Å². The largest absolute Gasteiger partial charge is 0.491 e. The Morgan fingerprint density at radius 1 is 1.41 bits per heavy atom. The fourth-order valence-electron chi connectivity index (χ4n) is 1.66. The second kappa shape index (κ2) is 5.29. The summed E-state index contributed by atoms with van der Waals surface area (Å²) in [5, 5.41) is 8.98. The maximum absolute atomic E-state index is 12.1. The number of carbonyl (C=O) groups excluding carboxylic acids is 1. The maximum Gasteiger partial charge on any atom is 0.343 e. The van der Waals surface area contributed by atoms with E-state index in [0.717, 1.165) is 0 Å². The number of allylic oxidation sites excluding steroid dienone is 1. The van der Waals surface area contributed by atoms with Crippen LogP contribution < -0.4 is 0 Å². The Kier molecular flexibility index (Phi) is 4.25. The summed E-state index contributed by atoms with van der Waals surface area (Å²) < 4.78 is 15.7. The van der Waals surface area contributed by atoms with Gasteiger partial charge in [0.15, 0.2) is 0 Å². The maximum atomic E-state index is 12.1. The molecule has 17 heavy (non-hydrogen) atoms. The molecule has 0 radical (unpaired) electrons. The zero-order valence-electron chi connectivity index (χ0n) is 10.1. The number of Topliss-reactive ketones (excluding diaryl/α,β-unsaturated/α-hetero) is 1. The van der Waals surface area contributed by atoms with Gasteiger partial charge in [-0.15, -0.1) is 0 Å². The summed E-state index contributed by atoms with van der Waals surface area (Å²) in [6.07, 6.45) is 0. The van der Waals surface area contributed by atoms with E-state index in [0.29, 0.717) is 0 Å². The lowest BCUT2D eigenvalue weighted by molar-refractivity contribution is -0.243. The fourth-order valence-corrected chi connectivity index (χ4v) is 1.66. The number of ketones is 1. The number of carboxylic acids is 1. The van der Waals surface area contributed by atoms with E-state index < -0.39 is 23.1 Å². The van der Waals surface area contributed by atoms with Gasteiger partial charge in [-0.05, 0) is 20.8 Å². The van der Waals surface area contributed by atoms with Crippen LogP contribution in [0.1, 0.15) is 20.8 Å². The molecule has 0 spiro atoms. The monoisotopic (exact) mass is 244 g/mol. The van der Waals surface area contributed by atoms with Crippen LogP contribution in [0.3, 0.4) is 0 Å². The average Bonchev–Trinajstić information content (AvgIpc) is 2.24. The smallest absolute Gasteiger partial charge is 0.343 e. The number of hydrogen-bond donors (Lipinski definition) is 1. The molecule has 1 N–H and O–H groups in total. The number of carboxylic acid groups (broad SMARTS) is 1. The van der Waals surface area contributed by atoms with Gasteiger partial charge in [0.05, 0.1) is 0 Å². The molecule has 1 aliphatic heterocycles. The highest BCUT2D eigenvalue weighted by molar-refractivity contribution is 6.20. The second-order valence-electron chi connectivity index (χ2n) is 3.47. The quantitative estimate of drug-likeness (QED) is 0.566.